The number of nitrogens with zero attached hydrogens (tertiary/aromatic N) is 1. The van der Waals surface area contributed by atoms with E-state index in [1.807, 2.05) is 0 Å². The molecule has 18 heavy (non-hydrogen) atoms. The molecule has 0 aliphatic carbocycles. The SMILES string of the molecule is O=Cc1cccn1C(=O)c1ccc2c(c1)OCO2. The molecule has 0 amide bonds. The highest BCUT2D eigenvalue weighted by atomic mass is 16.7. The number of aldehydes is 1. The highest BCUT2D eigenvalue weighted by Crippen LogP contribution is 2.32. The van der Waals surface area contributed by atoms with E-state index in [9.17, 15) is 9.59 Å². The number of carbonyl (C=O) groups excluding carboxylic acids is 2. The predicted molar refractivity (Wildman–Crippen MR) is 62.1 cm³/mol. The van der Waals surface area contributed by atoms with Crippen LogP contribution in [-0.4, -0.2) is 23.6 Å². The van der Waals surface area contributed by atoms with Crippen molar-refractivity contribution in [3.63, 3.8) is 0 Å². The van der Waals surface area contributed by atoms with Gasteiger partial charge in [0.05, 0.1) is 5.69 Å². The van der Waals surface area contributed by atoms with Crippen LogP contribution in [0.1, 0.15) is 20.8 Å². The molecule has 0 saturated heterocycles. The molecule has 5 heteroatoms. The zero-order chi connectivity index (χ0) is 12.5. The normalized spacial score (nSPS) is 12.4. The van der Waals surface area contributed by atoms with E-state index in [0.29, 0.717) is 29.0 Å². The minimum Gasteiger partial charge on any atom is -0.454 e. The monoisotopic (exact) mass is 243 g/mol. The lowest BCUT2D eigenvalue weighted by Gasteiger charge is -2.05. The van der Waals surface area contributed by atoms with Crippen molar-refractivity contribution in [2.75, 3.05) is 6.79 Å². The molecule has 3 rings (SSSR count). The molecule has 90 valence electrons. The maximum Gasteiger partial charge on any atom is 0.262 e. The summed E-state index contributed by atoms with van der Waals surface area (Å²) in [7, 11) is 0. The smallest absolute Gasteiger partial charge is 0.262 e. The molecule has 0 bridgehead atoms. The summed E-state index contributed by atoms with van der Waals surface area (Å²) in [5.74, 6) is 0.885. The van der Waals surface area contributed by atoms with Crippen molar-refractivity contribution in [2.24, 2.45) is 0 Å². The van der Waals surface area contributed by atoms with E-state index in [2.05, 4.69) is 0 Å². The summed E-state index contributed by atoms with van der Waals surface area (Å²) >= 11 is 0. The predicted octanol–water partition coefficient (Wildman–Crippen LogP) is 1.72. The third kappa shape index (κ3) is 1.57. The Morgan fingerprint density at radius 1 is 1.22 bits per heavy atom. The Morgan fingerprint density at radius 3 is 2.89 bits per heavy atom. The average molecular weight is 243 g/mol. The highest BCUT2D eigenvalue weighted by molar-refractivity contribution is 5.99. The van der Waals surface area contributed by atoms with Gasteiger partial charge in [0.1, 0.15) is 0 Å². The third-order valence-corrected chi connectivity index (χ3v) is 2.74. The number of hydrogen-bond acceptors (Lipinski definition) is 4. The molecule has 0 spiro atoms. The van der Waals surface area contributed by atoms with Crippen LogP contribution in [0.15, 0.2) is 36.5 Å². The minimum absolute atomic E-state index is 0.163. The summed E-state index contributed by atoms with van der Waals surface area (Å²) < 4.78 is 11.7. The van der Waals surface area contributed by atoms with Gasteiger partial charge in [-0.1, -0.05) is 0 Å². The number of aromatic nitrogens is 1. The Kier molecular flexibility index (Phi) is 2.37. The first-order valence-electron chi connectivity index (χ1n) is 5.36. The second-order valence-corrected chi connectivity index (χ2v) is 3.79. The topological polar surface area (TPSA) is 57.5 Å². The zero-order valence-electron chi connectivity index (χ0n) is 9.33. The van der Waals surface area contributed by atoms with Crippen LogP contribution in [0.3, 0.4) is 0 Å². The molecular formula is C13H9NO4. The molecule has 1 aromatic carbocycles. The maximum atomic E-state index is 12.2. The number of fused-ring (bicyclic) bond motifs is 1. The molecule has 0 unspecified atom stereocenters. The van der Waals surface area contributed by atoms with Crippen LogP contribution in [0.4, 0.5) is 0 Å². The fraction of sp³-hybridized carbons (Fsp3) is 0.0769. The van der Waals surface area contributed by atoms with Crippen LogP contribution < -0.4 is 9.47 Å². The molecule has 2 aromatic rings. The molecule has 0 radical (unpaired) electrons. The summed E-state index contributed by atoms with van der Waals surface area (Å²) in [4.78, 5) is 23.0. The standard InChI is InChI=1S/C13H9NO4/c15-7-10-2-1-5-14(10)13(16)9-3-4-11-12(6-9)18-8-17-11/h1-7H,8H2. The molecule has 5 nitrogen and oxygen atoms in total. The van der Waals surface area contributed by atoms with Gasteiger partial charge in [-0.15, -0.1) is 0 Å². The minimum atomic E-state index is -0.277. The van der Waals surface area contributed by atoms with E-state index in [1.54, 1.807) is 36.5 Å². The van der Waals surface area contributed by atoms with Crippen LogP contribution in [0.2, 0.25) is 0 Å². The second kappa shape index (κ2) is 4.03. The first-order chi connectivity index (χ1) is 8.79. The molecule has 0 fully saturated rings. The van der Waals surface area contributed by atoms with E-state index in [0.717, 1.165) is 0 Å². The van der Waals surface area contributed by atoms with Crippen LogP contribution in [0.25, 0.3) is 0 Å². The lowest BCUT2D eigenvalue weighted by atomic mass is 10.2. The van der Waals surface area contributed by atoms with Crippen LogP contribution in [0.5, 0.6) is 11.5 Å². The molecule has 1 aromatic heterocycles. The first-order valence-corrected chi connectivity index (χ1v) is 5.36. The van der Waals surface area contributed by atoms with Crippen LogP contribution in [-0.2, 0) is 0 Å². The summed E-state index contributed by atoms with van der Waals surface area (Å²) in [5, 5.41) is 0. The van der Waals surface area contributed by atoms with Gasteiger partial charge >= 0.3 is 0 Å². The van der Waals surface area contributed by atoms with Gasteiger partial charge in [-0.3, -0.25) is 14.2 Å². The van der Waals surface area contributed by atoms with Crippen molar-refractivity contribution in [1.82, 2.24) is 4.57 Å². The summed E-state index contributed by atoms with van der Waals surface area (Å²) in [6.07, 6.45) is 2.20. The largest absolute Gasteiger partial charge is 0.454 e. The Hall–Kier alpha value is -2.56. The number of ether oxygens (including phenoxy) is 2. The zero-order valence-corrected chi connectivity index (χ0v) is 9.33. The van der Waals surface area contributed by atoms with E-state index in [4.69, 9.17) is 9.47 Å². The fourth-order valence-corrected chi connectivity index (χ4v) is 1.84. The number of benzene rings is 1. The lowest BCUT2D eigenvalue weighted by molar-refractivity contribution is 0.0946. The highest BCUT2D eigenvalue weighted by Gasteiger charge is 2.17. The second-order valence-electron chi connectivity index (χ2n) is 3.79. The fourth-order valence-electron chi connectivity index (χ4n) is 1.84. The van der Waals surface area contributed by atoms with Gasteiger partial charge in [0, 0.05) is 11.8 Å². The van der Waals surface area contributed by atoms with E-state index in [-0.39, 0.29) is 12.7 Å². The van der Waals surface area contributed by atoms with Crippen molar-refractivity contribution < 1.29 is 19.1 Å². The van der Waals surface area contributed by atoms with E-state index < -0.39 is 0 Å². The van der Waals surface area contributed by atoms with Gasteiger partial charge in [-0.25, -0.2) is 0 Å². The summed E-state index contributed by atoms with van der Waals surface area (Å²) in [5.41, 5.74) is 0.760. The molecule has 1 aliphatic rings. The van der Waals surface area contributed by atoms with E-state index in [1.165, 1.54) is 4.57 Å². The Bertz CT molecular complexity index is 630. The summed E-state index contributed by atoms with van der Waals surface area (Å²) in [6.45, 7) is 0.163. The lowest BCUT2D eigenvalue weighted by Crippen LogP contribution is -2.13. The molecule has 0 saturated carbocycles. The maximum absolute atomic E-state index is 12.2. The molecule has 2 heterocycles. The van der Waals surface area contributed by atoms with Gasteiger partial charge < -0.3 is 9.47 Å². The van der Waals surface area contributed by atoms with Crippen molar-refractivity contribution in [1.29, 1.82) is 0 Å². The van der Waals surface area contributed by atoms with Crippen LogP contribution in [0, 0.1) is 0 Å². The third-order valence-electron chi connectivity index (χ3n) is 2.74. The van der Waals surface area contributed by atoms with Crippen molar-refractivity contribution in [3.8, 4) is 11.5 Å². The molecular weight excluding hydrogens is 234 g/mol. The van der Waals surface area contributed by atoms with Gasteiger partial charge in [-0.2, -0.15) is 0 Å². The van der Waals surface area contributed by atoms with Gasteiger partial charge in [-0.05, 0) is 30.3 Å². The number of rotatable bonds is 2. The number of hydrogen-bond donors (Lipinski definition) is 0. The van der Waals surface area contributed by atoms with Crippen LogP contribution >= 0.6 is 0 Å². The quantitative estimate of drug-likeness (QED) is 0.753. The Labute approximate surface area is 103 Å². The van der Waals surface area contributed by atoms with Crippen molar-refractivity contribution in [3.05, 3.63) is 47.8 Å². The van der Waals surface area contributed by atoms with E-state index >= 15 is 0 Å². The van der Waals surface area contributed by atoms with Crippen molar-refractivity contribution in [2.45, 2.75) is 0 Å². The number of carbonyl (C=O) groups is 2. The molecule has 1 aliphatic heterocycles. The summed E-state index contributed by atoms with van der Waals surface area (Å²) in [6, 6.07) is 8.16. The van der Waals surface area contributed by atoms with Gasteiger partial charge in [0.25, 0.3) is 5.91 Å². The molecule has 0 atom stereocenters. The Balaban J connectivity index is 2.00. The van der Waals surface area contributed by atoms with Crippen molar-refractivity contribution >= 4 is 12.2 Å². The van der Waals surface area contributed by atoms with Gasteiger partial charge in [0.15, 0.2) is 17.8 Å². The average Bonchev–Trinajstić information content (AvgIpc) is 3.05. The molecule has 0 N–H and O–H groups in total. The Morgan fingerprint density at radius 2 is 2.06 bits per heavy atom. The first kappa shape index (κ1) is 10.6. The van der Waals surface area contributed by atoms with Gasteiger partial charge in [0.2, 0.25) is 6.79 Å².